The smallest absolute Gasteiger partial charge is 0.243 e. The SMILES string of the molecule is COc1ccc2nc(C)n(CC(=O)N3CCN(CC4CCOC4)C[C@H]3c3ncc(-c4cnc5ccccc5c4)[nH]3)c2c1. The second kappa shape index (κ2) is 11.2. The minimum absolute atomic E-state index is 0.0411. The number of carbonyl (C=O) groups is 1. The number of aryl methyl sites for hydroxylation is 1. The number of H-pyrrole nitrogens is 1. The van der Waals surface area contributed by atoms with Gasteiger partial charge >= 0.3 is 0 Å². The van der Waals surface area contributed by atoms with Crippen LogP contribution < -0.4 is 4.74 Å². The summed E-state index contributed by atoms with van der Waals surface area (Å²) < 4.78 is 13.1. The number of hydrogen-bond donors (Lipinski definition) is 1. The summed E-state index contributed by atoms with van der Waals surface area (Å²) in [6.07, 6.45) is 4.81. The monoisotopic (exact) mass is 565 g/mol. The van der Waals surface area contributed by atoms with Crippen LogP contribution in [-0.4, -0.2) is 86.7 Å². The number of piperazine rings is 1. The lowest BCUT2D eigenvalue weighted by atomic mass is 10.1. The van der Waals surface area contributed by atoms with Crippen LogP contribution >= 0.6 is 0 Å². The van der Waals surface area contributed by atoms with Gasteiger partial charge in [-0.1, -0.05) is 18.2 Å². The van der Waals surface area contributed by atoms with Crippen molar-refractivity contribution in [1.82, 2.24) is 34.3 Å². The molecule has 0 radical (unpaired) electrons. The Bertz CT molecular complexity index is 1740. The summed E-state index contributed by atoms with van der Waals surface area (Å²) in [7, 11) is 1.65. The summed E-state index contributed by atoms with van der Waals surface area (Å²) in [6.45, 7) is 6.89. The molecule has 2 saturated heterocycles. The summed E-state index contributed by atoms with van der Waals surface area (Å²) in [5, 5.41) is 1.07. The molecule has 42 heavy (non-hydrogen) atoms. The van der Waals surface area contributed by atoms with Crippen molar-refractivity contribution < 1.29 is 14.3 Å². The Morgan fingerprint density at radius 1 is 1.10 bits per heavy atom. The topological polar surface area (TPSA) is 101 Å². The molecule has 0 spiro atoms. The van der Waals surface area contributed by atoms with E-state index in [1.165, 1.54) is 0 Å². The first-order valence-corrected chi connectivity index (χ1v) is 14.6. The largest absolute Gasteiger partial charge is 0.497 e. The molecule has 0 saturated carbocycles. The number of aromatic amines is 1. The number of pyridine rings is 1. The number of ether oxygens (including phenoxy) is 2. The van der Waals surface area contributed by atoms with Crippen LogP contribution in [0.5, 0.6) is 5.75 Å². The summed E-state index contributed by atoms with van der Waals surface area (Å²) >= 11 is 0. The van der Waals surface area contributed by atoms with Gasteiger partial charge < -0.3 is 23.9 Å². The number of aromatic nitrogens is 5. The van der Waals surface area contributed by atoms with Crippen LogP contribution in [0.1, 0.15) is 24.1 Å². The van der Waals surface area contributed by atoms with Gasteiger partial charge in [-0.2, -0.15) is 0 Å². The summed E-state index contributed by atoms with van der Waals surface area (Å²) in [4.78, 5) is 36.1. The van der Waals surface area contributed by atoms with Crippen molar-refractivity contribution in [3.8, 4) is 17.0 Å². The lowest BCUT2D eigenvalue weighted by molar-refractivity contribution is -0.137. The molecule has 5 heterocycles. The third-order valence-corrected chi connectivity index (χ3v) is 8.58. The number of amides is 1. The summed E-state index contributed by atoms with van der Waals surface area (Å²) in [5.41, 5.74) is 4.55. The van der Waals surface area contributed by atoms with Gasteiger partial charge in [0, 0.05) is 56.0 Å². The average Bonchev–Trinajstić information content (AvgIpc) is 3.78. The Balaban J connectivity index is 1.18. The molecule has 2 atom stereocenters. The third-order valence-electron chi connectivity index (χ3n) is 8.58. The minimum Gasteiger partial charge on any atom is -0.497 e. The van der Waals surface area contributed by atoms with E-state index >= 15 is 0 Å². The molecule has 10 heteroatoms. The maximum absolute atomic E-state index is 14.0. The van der Waals surface area contributed by atoms with Gasteiger partial charge in [0.15, 0.2) is 0 Å². The van der Waals surface area contributed by atoms with E-state index in [1.54, 1.807) is 7.11 Å². The van der Waals surface area contributed by atoms with E-state index in [0.29, 0.717) is 19.0 Å². The molecule has 1 amide bonds. The minimum atomic E-state index is -0.208. The standard InChI is InChI=1S/C32H35N7O3/c1-21-35-27-8-7-25(41-2)14-29(27)39(21)19-31(40)38-11-10-37(17-22-9-12-42-20-22)18-30(38)32-34-16-28(36-32)24-13-23-5-3-4-6-26(23)33-15-24/h3-8,13-16,22,30H,9-12,17-20H2,1-2H3,(H,34,36)/t22?,30-/m0/s1. The fourth-order valence-corrected chi connectivity index (χ4v) is 6.28. The van der Waals surface area contributed by atoms with E-state index in [2.05, 4.69) is 32.0 Å². The molecule has 2 aromatic carbocycles. The highest BCUT2D eigenvalue weighted by Gasteiger charge is 2.35. The van der Waals surface area contributed by atoms with E-state index in [9.17, 15) is 4.79 Å². The van der Waals surface area contributed by atoms with Crippen molar-refractivity contribution in [1.29, 1.82) is 0 Å². The lowest BCUT2D eigenvalue weighted by Crippen LogP contribution is -2.52. The van der Waals surface area contributed by atoms with Crippen LogP contribution in [0.25, 0.3) is 33.2 Å². The number of nitrogens with one attached hydrogen (secondary N) is 1. The molecule has 2 aliphatic heterocycles. The Hall–Kier alpha value is -4.28. The number of benzene rings is 2. The molecule has 3 aromatic heterocycles. The summed E-state index contributed by atoms with van der Waals surface area (Å²) in [6, 6.07) is 15.8. The molecule has 216 valence electrons. The average molecular weight is 566 g/mol. The van der Waals surface area contributed by atoms with Gasteiger partial charge in [0.1, 0.15) is 30.0 Å². The van der Waals surface area contributed by atoms with E-state index in [0.717, 1.165) is 83.3 Å². The normalized spacial score (nSPS) is 19.6. The number of carbonyl (C=O) groups excluding carboxylic acids is 1. The van der Waals surface area contributed by atoms with Crippen molar-refractivity contribution in [3.05, 3.63) is 72.6 Å². The maximum atomic E-state index is 14.0. The Morgan fingerprint density at radius 3 is 2.86 bits per heavy atom. The maximum Gasteiger partial charge on any atom is 0.243 e. The first-order chi connectivity index (χ1) is 20.6. The van der Waals surface area contributed by atoms with Crippen molar-refractivity contribution in [2.45, 2.75) is 25.9 Å². The molecule has 7 rings (SSSR count). The number of fused-ring (bicyclic) bond motifs is 2. The second-order valence-corrected chi connectivity index (χ2v) is 11.3. The van der Waals surface area contributed by atoms with Gasteiger partial charge in [0.25, 0.3) is 0 Å². The zero-order chi connectivity index (χ0) is 28.6. The second-order valence-electron chi connectivity index (χ2n) is 11.3. The van der Waals surface area contributed by atoms with Crippen LogP contribution in [0.3, 0.4) is 0 Å². The van der Waals surface area contributed by atoms with Crippen LogP contribution in [-0.2, 0) is 16.1 Å². The first kappa shape index (κ1) is 26.6. The van der Waals surface area contributed by atoms with Crippen LogP contribution in [0.15, 0.2) is 60.9 Å². The van der Waals surface area contributed by atoms with Crippen molar-refractivity contribution >= 4 is 27.8 Å². The van der Waals surface area contributed by atoms with E-state index in [1.807, 2.05) is 65.2 Å². The number of para-hydroxylation sites is 1. The van der Waals surface area contributed by atoms with Crippen LogP contribution in [0.4, 0.5) is 0 Å². The predicted octanol–water partition coefficient (Wildman–Crippen LogP) is 4.21. The molecule has 0 aliphatic carbocycles. The van der Waals surface area contributed by atoms with Crippen molar-refractivity contribution in [2.75, 3.05) is 46.5 Å². The van der Waals surface area contributed by atoms with Crippen molar-refractivity contribution in [3.63, 3.8) is 0 Å². The van der Waals surface area contributed by atoms with Gasteiger partial charge in [-0.15, -0.1) is 0 Å². The lowest BCUT2D eigenvalue weighted by Gasteiger charge is -2.41. The highest BCUT2D eigenvalue weighted by Crippen LogP contribution is 2.29. The van der Waals surface area contributed by atoms with Crippen LogP contribution in [0.2, 0.25) is 0 Å². The molecule has 10 nitrogen and oxygen atoms in total. The van der Waals surface area contributed by atoms with E-state index in [-0.39, 0.29) is 18.5 Å². The summed E-state index contributed by atoms with van der Waals surface area (Å²) in [5.74, 6) is 2.89. The Morgan fingerprint density at radius 2 is 2.00 bits per heavy atom. The van der Waals surface area contributed by atoms with Gasteiger partial charge in [-0.3, -0.25) is 14.7 Å². The van der Waals surface area contributed by atoms with Gasteiger partial charge in [-0.25, -0.2) is 9.97 Å². The molecule has 1 unspecified atom stereocenters. The Kier molecular flexibility index (Phi) is 7.09. The molecule has 5 aromatic rings. The predicted molar refractivity (Wildman–Crippen MR) is 160 cm³/mol. The van der Waals surface area contributed by atoms with E-state index in [4.69, 9.17) is 14.5 Å². The fourth-order valence-electron chi connectivity index (χ4n) is 6.28. The zero-order valence-electron chi connectivity index (χ0n) is 24.0. The molecule has 2 fully saturated rings. The van der Waals surface area contributed by atoms with Crippen LogP contribution in [0, 0.1) is 12.8 Å². The number of methoxy groups -OCH3 is 1. The fraction of sp³-hybridized carbons (Fsp3) is 0.375. The third kappa shape index (κ3) is 5.12. The quantitative estimate of drug-likeness (QED) is 0.315. The highest BCUT2D eigenvalue weighted by atomic mass is 16.5. The van der Waals surface area contributed by atoms with Gasteiger partial charge in [0.2, 0.25) is 5.91 Å². The van der Waals surface area contributed by atoms with Crippen molar-refractivity contribution in [2.24, 2.45) is 5.92 Å². The molecule has 2 aliphatic rings. The highest BCUT2D eigenvalue weighted by molar-refractivity contribution is 5.83. The number of nitrogens with zero attached hydrogens (tertiary/aromatic N) is 6. The number of rotatable bonds is 7. The number of hydrogen-bond acceptors (Lipinski definition) is 7. The van der Waals surface area contributed by atoms with Gasteiger partial charge in [0.05, 0.1) is 42.2 Å². The van der Waals surface area contributed by atoms with Gasteiger partial charge in [-0.05, 0) is 43.5 Å². The Labute approximate surface area is 244 Å². The molecular weight excluding hydrogens is 530 g/mol. The number of imidazole rings is 2. The zero-order valence-corrected chi connectivity index (χ0v) is 24.0. The molecule has 1 N–H and O–H groups in total. The van der Waals surface area contributed by atoms with E-state index < -0.39 is 0 Å². The molecular formula is C32H35N7O3. The molecule has 0 bridgehead atoms. The first-order valence-electron chi connectivity index (χ1n) is 14.6.